The van der Waals surface area contributed by atoms with Crippen LogP contribution < -0.4 is 5.32 Å². The number of hydrogen-bond acceptors (Lipinski definition) is 6. The molecule has 0 aliphatic carbocycles. The summed E-state index contributed by atoms with van der Waals surface area (Å²) in [5.74, 6) is -0.518. The molecule has 2 aromatic rings. The predicted molar refractivity (Wildman–Crippen MR) is 115 cm³/mol. The molecule has 156 valence electrons. The molecule has 0 aliphatic rings. The van der Waals surface area contributed by atoms with Crippen LogP contribution in [0, 0.1) is 13.8 Å². The van der Waals surface area contributed by atoms with Crippen molar-refractivity contribution in [3.63, 3.8) is 0 Å². The molecule has 1 heterocycles. The molecule has 0 unspecified atom stereocenters. The van der Waals surface area contributed by atoms with Gasteiger partial charge in [0, 0.05) is 24.4 Å². The predicted octanol–water partition coefficient (Wildman–Crippen LogP) is 3.60. The summed E-state index contributed by atoms with van der Waals surface area (Å²) in [7, 11) is 0. The highest BCUT2D eigenvalue weighted by atomic mass is 32.2. The van der Waals surface area contributed by atoms with Gasteiger partial charge in [0.25, 0.3) is 5.91 Å². The molecule has 7 heteroatoms. The van der Waals surface area contributed by atoms with Crippen LogP contribution in [0.5, 0.6) is 0 Å². The molecule has 0 saturated heterocycles. The first kappa shape index (κ1) is 22.9. The number of hydrogen-bond donors (Lipinski definition) is 1. The number of thioether (sulfide) groups is 1. The molecule has 29 heavy (non-hydrogen) atoms. The second kappa shape index (κ2) is 11.0. The fourth-order valence-electron chi connectivity index (χ4n) is 3.00. The van der Waals surface area contributed by atoms with Gasteiger partial charge in [-0.3, -0.25) is 9.59 Å². The van der Waals surface area contributed by atoms with Crippen molar-refractivity contribution in [3.05, 3.63) is 52.8 Å². The maximum atomic E-state index is 12.3. The zero-order valence-corrected chi connectivity index (χ0v) is 18.5. The molecular weight excluding hydrogens is 386 g/mol. The van der Waals surface area contributed by atoms with Gasteiger partial charge >= 0.3 is 5.97 Å². The fraction of sp³-hybridized carbons (Fsp3) is 0.455. The first-order valence-electron chi connectivity index (χ1n) is 9.72. The first-order valence-corrected chi connectivity index (χ1v) is 10.9. The lowest BCUT2D eigenvalue weighted by atomic mass is 10.0. The van der Waals surface area contributed by atoms with Crippen LogP contribution >= 0.6 is 11.8 Å². The zero-order valence-electron chi connectivity index (χ0n) is 17.7. The molecule has 1 N–H and O–H groups in total. The molecule has 0 saturated carbocycles. The normalized spacial score (nSPS) is 12.9. The molecule has 0 bridgehead atoms. The number of nitrogens with one attached hydrogen (secondary N) is 1. The average Bonchev–Trinajstić information content (AvgIpc) is 2.71. The third-order valence-electron chi connectivity index (χ3n) is 4.79. The SMILES string of the molecule is CSc1nc(C)c(CCC(=O)O[C@H](C)C(=O)NC[C@@H](C)c2ccccc2)c(C)n1. The smallest absolute Gasteiger partial charge is 0.306 e. The molecule has 0 radical (unpaired) electrons. The number of rotatable bonds is 9. The molecule has 6 nitrogen and oxygen atoms in total. The summed E-state index contributed by atoms with van der Waals surface area (Å²) in [5, 5.41) is 3.58. The van der Waals surface area contributed by atoms with E-state index < -0.39 is 12.1 Å². The lowest BCUT2D eigenvalue weighted by Crippen LogP contribution is -2.37. The van der Waals surface area contributed by atoms with Gasteiger partial charge in [0.05, 0.1) is 0 Å². The largest absolute Gasteiger partial charge is 0.453 e. The van der Waals surface area contributed by atoms with Crippen LogP contribution in [0.3, 0.4) is 0 Å². The summed E-state index contributed by atoms with van der Waals surface area (Å²) < 4.78 is 5.30. The molecule has 2 atom stereocenters. The molecule has 0 fully saturated rings. The number of amides is 1. The van der Waals surface area contributed by atoms with Crippen molar-refractivity contribution in [1.82, 2.24) is 15.3 Å². The minimum atomic E-state index is -0.831. The van der Waals surface area contributed by atoms with Crippen LogP contribution in [-0.2, 0) is 20.7 Å². The Balaban J connectivity index is 1.80. The minimum absolute atomic E-state index is 0.179. The Morgan fingerprint density at radius 2 is 1.72 bits per heavy atom. The van der Waals surface area contributed by atoms with Crippen molar-refractivity contribution < 1.29 is 14.3 Å². The number of esters is 1. The van der Waals surface area contributed by atoms with Crippen LogP contribution in [0.25, 0.3) is 0 Å². The van der Waals surface area contributed by atoms with Crippen LogP contribution in [0.2, 0.25) is 0 Å². The van der Waals surface area contributed by atoms with E-state index in [1.54, 1.807) is 6.92 Å². The Labute approximate surface area is 176 Å². The summed E-state index contributed by atoms with van der Waals surface area (Å²) >= 11 is 1.49. The van der Waals surface area contributed by atoms with Crippen molar-refractivity contribution in [2.75, 3.05) is 12.8 Å². The van der Waals surface area contributed by atoms with Crippen LogP contribution in [-0.4, -0.2) is 40.7 Å². The minimum Gasteiger partial charge on any atom is -0.453 e. The van der Waals surface area contributed by atoms with Crippen LogP contribution in [0.1, 0.15) is 48.7 Å². The number of ether oxygens (including phenoxy) is 1. The highest BCUT2D eigenvalue weighted by Gasteiger charge is 2.19. The quantitative estimate of drug-likeness (QED) is 0.383. The van der Waals surface area contributed by atoms with Crippen molar-refractivity contribution >= 4 is 23.6 Å². The third-order valence-corrected chi connectivity index (χ3v) is 5.34. The monoisotopic (exact) mass is 415 g/mol. The van der Waals surface area contributed by atoms with E-state index in [1.807, 2.05) is 57.4 Å². The van der Waals surface area contributed by atoms with Gasteiger partial charge in [-0.15, -0.1) is 0 Å². The Kier molecular flexibility index (Phi) is 8.64. The standard InChI is InChI=1S/C22H29N3O3S/c1-14(18-9-7-6-8-10-18)13-23-21(27)17(4)28-20(26)12-11-19-15(2)24-22(29-5)25-16(19)3/h6-10,14,17H,11-13H2,1-5H3,(H,23,27)/t14-,17-/m1/s1. The van der Waals surface area contributed by atoms with Gasteiger partial charge in [-0.2, -0.15) is 0 Å². The van der Waals surface area contributed by atoms with Gasteiger partial charge in [0.1, 0.15) is 0 Å². The fourth-order valence-corrected chi connectivity index (χ4v) is 3.45. The van der Waals surface area contributed by atoms with Gasteiger partial charge in [-0.25, -0.2) is 9.97 Å². The van der Waals surface area contributed by atoms with Gasteiger partial charge in [0.15, 0.2) is 11.3 Å². The van der Waals surface area contributed by atoms with Gasteiger partial charge < -0.3 is 10.1 Å². The molecule has 0 spiro atoms. The molecule has 1 amide bonds. The molecule has 1 aromatic heterocycles. The molecule has 1 aromatic carbocycles. The van der Waals surface area contributed by atoms with E-state index in [9.17, 15) is 9.59 Å². The highest BCUT2D eigenvalue weighted by molar-refractivity contribution is 7.98. The second-order valence-corrected chi connectivity index (χ2v) is 7.82. The lowest BCUT2D eigenvalue weighted by molar-refractivity contribution is -0.154. The number of carbonyl (C=O) groups is 2. The number of nitrogens with zero attached hydrogens (tertiary/aromatic N) is 2. The van der Waals surface area contributed by atoms with Crippen LogP contribution in [0.15, 0.2) is 35.5 Å². The van der Waals surface area contributed by atoms with Crippen molar-refractivity contribution in [1.29, 1.82) is 0 Å². The van der Waals surface area contributed by atoms with E-state index in [0.717, 1.165) is 27.7 Å². The topological polar surface area (TPSA) is 81.2 Å². The number of carbonyl (C=O) groups excluding carboxylic acids is 2. The van der Waals surface area contributed by atoms with E-state index in [4.69, 9.17) is 4.74 Å². The summed E-state index contributed by atoms with van der Waals surface area (Å²) in [6.45, 7) is 7.95. The third kappa shape index (κ3) is 6.85. The summed E-state index contributed by atoms with van der Waals surface area (Å²) in [4.78, 5) is 33.3. The lowest BCUT2D eigenvalue weighted by Gasteiger charge is -2.17. The Morgan fingerprint density at radius 3 is 2.31 bits per heavy atom. The van der Waals surface area contributed by atoms with Crippen molar-refractivity contribution in [2.45, 2.75) is 57.7 Å². The first-order chi connectivity index (χ1) is 13.8. The van der Waals surface area contributed by atoms with E-state index in [-0.39, 0.29) is 18.2 Å². The van der Waals surface area contributed by atoms with Crippen molar-refractivity contribution in [2.24, 2.45) is 0 Å². The summed E-state index contributed by atoms with van der Waals surface area (Å²) in [6.07, 6.45) is 1.77. The maximum Gasteiger partial charge on any atom is 0.306 e. The second-order valence-electron chi connectivity index (χ2n) is 7.05. The number of aromatic nitrogens is 2. The number of benzene rings is 1. The molecule has 2 rings (SSSR count). The molecular formula is C22H29N3O3S. The van der Waals surface area contributed by atoms with Gasteiger partial charge in [-0.1, -0.05) is 49.0 Å². The van der Waals surface area contributed by atoms with E-state index in [1.165, 1.54) is 11.8 Å². The Morgan fingerprint density at radius 1 is 1.10 bits per heavy atom. The number of aryl methyl sites for hydroxylation is 2. The average molecular weight is 416 g/mol. The Bertz CT molecular complexity index is 819. The van der Waals surface area contributed by atoms with Gasteiger partial charge in [-0.05, 0) is 50.5 Å². The van der Waals surface area contributed by atoms with E-state index in [2.05, 4.69) is 15.3 Å². The van der Waals surface area contributed by atoms with Crippen molar-refractivity contribution in [3.8, 4) is 0 Å². The van der Waals surface area contributed by atoms with Gasteiger partial charge in [0.2, 0.25) is 0 Å². The summed E-state index contributed by atoms with van der Waals surface area (Å²) in [6, 6.07) is 9.96. The van der Waals surface area contributed by atoms with Crippen LogP contribution in [0.4, 0.5) is 0 Å². The maximum absolute atomic E-state index is 12.3. The zero-order chi connectivity index (χ0) is 21.4. The Hall–Kier alpha value is -2.41. The van der Waals surface area contributed by atoms with E-state index in [0.29, 0.717) is 13.0 Å². The van der Waals surface area contributed by atoms with E-state index >= 15 is 0 Å². The summed E-state index contributed by atoms with van der Waals surface area (Å²) in [5.41, 5.74) is 3.84. The highest BCUT2D eigenvalue weighted by Crippen LogP contribution is 2.17. The molecule has 0 aliphatic heterocycles.